The number of rotatable bonds is 0. The molecule has 0 saturated carbocycles. The number of nitrogens with two attached hydrogens (primary N) is 1. The van der Waals surface area contributed by atoms with Gasteiger partial charge < -0.3 is 5.21 Å². The molecule has 3 heteroatoms. The van der Waals surface area contributed by atoms with Crippen LogP contribution < -0.4 is 10.6 Å². The van der Waals surface area contributed by atoms with E-state index in [-0.39, 0.29) is 0 Å². The molecular weight excluding hydrogens is 140 g/mol. The summed E-state index contributed by atoms with van der Waals surface area (Å²) in [7, 11) is 0. The van der Waals surface area contributed by atoms with Crippen molar-refractivity contribution in [1.82, 2.24) is 4.76 Å². The van der Waals surface area contributed by atoms with Gasteiger partial charge >= 0.3 is 0 Å². The summed E-state index contributed by atoms with van der Waals surface area (Å²) in [5, 5.41) is 11.4. The summed E-state index contributed by atoms with van der Waals surface area (Å²) in [4.78, 5) is 0. The SMILES string of the molecule is N[N+]1([O-])CCc2ccccc21. The first kappa shape index (κ1) is 6.79. The minimum absolute atomic E-state index is 0.472. The molecule has 0 radical (unpaired) electrons. The van der Waals surface area contributed by atoms with E-state index in [1.54, 1.807) is 6.07 Å². The second kappa shape index (κ2) is 2.04. The first-order valence-electron chi connectivity index (χ1n) is 3.66. The molecule has 1 aliphatic rings. The van der Waals surface area contributed by atoms with Gasteiger partial charge in [0.2, 0.25) is 0 Å². The van der Waals surface area contributed by atoms with Gasteiger partial charge in [0.1, 0.15) is 6.54 Å². The molecule has 1 aromatic rings. The highest BCUT2D eigenvalue weighted by atomic mass is 16.6. The van der Waals surface area contributed by atoms with Crippen LogP contribution in [0.2, 0.25) is 0 Å². The maximum Gasteiger partial charge on any atom is 0.155 e. The smallest absolute Gasteiger partial charge is 0.155 e. The monoisotopic (exact) mass is 150 g/mol. The van der Waals surface area contributed by atoms with E-state index in [2.05, 4.69) is 0 Å². The van der Waals surface area contributed by atoms with Crippen molar-refractivity contribution in [2.24, 2.45) is 5.84 Å². The minimum atomic E-state index is -0.698. The Hall–Kier alpha value is -0.900. The summed E-state index contributed by atoms with van der Waals surface area (Å²) in [6.45, 7) is 0.472. The Labute approximate surface area is 65.2 Å². The molecule has 0 bridgehead atoms. The lowest BCUT2D eigenvalue weighted by atomic mass is 10.2. The van der Waals surface area contributed by atoms with Crippen molar-refractivity contribution >= 4 is 5.69 Å². The van der Waals surface area contributed by atoms with Crippen LogP contribution in [-0.4, -0.2) is 6.54 Å². The van der Waals surface area contributed by atoms with E-state index in [9.17, 15) is 5.21 Å². The molecule has 58 valence electrons. The number of hydroxylamine groups is 1. The third-order valence-corrected chi connectivity index (χ3v) is 2.11. The molecule has 0 saturated heterocycles. The van der Waals surface area contributed by atoms with Crippen LogP contribution in [0.15, 0.2) is 24.3 Å². The van der Waals surface area contributed by atoms with Crippen molar-refractivity contribution in [3.8, 4) is 0 Å². The summed E-state index contributed by atoms with van der Waals surface area (Å²) in [5.41, 5.74) is 1.80. The molecular formula is C8H10N2O. The Morgan fingerprint density at radius 2 is 2.09 bits per heavy atom. The topological polar surface area (TPSA) is 49.1 Å². The highest BCUT2D eigenvalue weighted by Crippen LogP contribution is 2.29. The molecule has 11 heavy (non-hydrogen) atoms. The zero-order valence-corrected chi connectivity index (χ0v) is 6.16. The predicted molar refractivity (Wildman–Crippen MR) is 44.4 cm³/mol. The van der Waals surface area contributed by atoms with Gasteiger partial charge in [-0.2, -0.15) is 5.84 Å². The highest BCUT2D eigenvalue weighted by Gasteiger charge is 2.26. The average Bonchev–Trinajstić information content (AvgIpc) is 2.29. The molecule has 1 aromatic carbocycles. The van der Waals surface area contributed by atoms with Crippen LogP contribution in [0.1, 0.15) is 5.56 Å². The van der Waals surface area contributed by atoms with Crippen LogP contribution in [0.3, 0.4) is 0 Å². The molecule has 3 nitrogen and oxygen atoms in total. The molecule has 0 aliphatic carbocycles. The van der Waals surface area contributed by atoms with Gasteiger partial charge in [0.25, 0.3) is 0 Å². The molecule has 0 amide bonds. The van der Waals surface area contributed by atoms with E-state index < -0.39 is 4.76 Å². The Balaban J connectivity index is 2.56. The minimum Gasteiger partial charge on any atom is -0.607 e. The standard InChI is InChI=1S/C8H10N2O/c9-10(11)6-5-7-3-1-2-4-8(7)10/h1-4H,5-6,9H2. The normalized spacial score (nSPS) is 28.5. The molecule has 1 heterocycles. The summed E-state index contributed by atoms with van der Waals surface area (Å²) in [6.07, 6.45) is 0.802. The molecule has 0 fully saturated rings. The van der Waals surface area contributed by atoms with Crippen LogP contribution in [-0.2, 0) is 6.42 Å². The predicted octanol–water partition coefficient (Wildman–Crippen LogP) is 0.921. The number of fused-ring (bicyclic) bond motifs is 1. The quantitative estimate of drug-likeness (QED) is 0.339. The highest BCUT2D eigenvalue weighted by molar-refractivity contribution is 5.53. The third kappa shape index (κ3) is 0.939. The largest absolute Gasteiger partial charge is 0.607 e. The number of benzene rings is 1. The zero-order chi connectivity index (χ0) is 7.90. The van der Waals surface area contributed by atoms with E-state index in [1.165, 1.54) is 0 Å². The van der Waals surface area contributed by atoms with E-state index >= 15 is 0 Å². The first-order chi connectivity index (χ1) is 5.20. The molecule has 1 atom stereocenters. The fourth-order valence-corrected chi connectivity index (χ4v) is 1.50. The summed E-state index contributed by atoms with van der Waals surface area (Å²) in [5.74, 6) is 5.47. The van der Waals surface area contributed by atoms with E-state index in [1.807, 2.05) is 18.2 Å². The van der Waals surface area contributed by atoms with Gasteiger partial charge in [-0.05, 0) is 0 Å². The molecule has 0 aromatic heterocycles. The van der Waals surface area contributed by atoms with Crippen LogP contribution in [0, 0.1) is 5.21 Å². The fraction of sp³-hybridized carbons (Fsp3) is 0.250. The summed E-state index contributed by atoms with van der Waals surface area (Å²) >= 11 is 0. The number of nitrogens with zero attached hydrogens (tertiary/aromatic N) is 1. The van der Waals surface area contributed by atoms with Crippen molar-refractivity contribution in [3.05, 3.63) is 35.0 Å². The maximum absolute atomic E-state index is 11.4. The van der Waals surface area contributed by atoms with E-state index in [0.717, 1.165) is 12.0 Å². The van der Waals surface area contributed by atoms with Gasteiger partial charge in [0.05, 0.1) is 0 Å². The van der Waals surface area contributed by atoms with Gasteiger partial charge in [-0.25, -0.2) is 0 Å². The third-order valence-electron chi connectivity index (χ3n) is 2.11. The molecule has 0 spiro atoms. The molecule has 2 rings (SSSR count). The van der Waals surface area contributed by atoms with Crippen LogP contribution in [0.4, 0.5) is 5.69 Å². The summed E-state index contributed by atoms with van der Waals surface area (Å²) in [6, 6.07) is 7.54. The van der Waals surface area contributed by atoms with Crippen molar-refractivity contribution in [2.75, 3.05) is 6.54 Å². The lowest BCUT2D eigenvalue weighted by Gasteiger charge is -2.31. The van der Waals surface area contributed by atoms with Crippen molar-refractivity contribution in [3.63, 3.8) is 0 Å². The van der Waals surface area contributed by atoms with Gasteiger partial charge in [0, 0.05) is 18.1 Å². The fourth-order valence-electron chi connectivity index (χ4n) is 1.50. The van der Waals surface area contributed by atoms with Crippen LogP contribution >= 0.6 is 0 Å². The zero-order valence-electron chi connectivity index (χ0n) is 6.16. The number of quaternary nitrogens is 1. The average molecular weight is 150 g/mol. The van der Waals surface area contributed by atoms with Crippen molar-refractivity contribution < 1.29 is 0 Å². The summed E-state index contributed by atoms with van der Waals surface area (Å²) < 4.78 is -0.698. The second-order valence-electron chi connectivity index (χ2n) is 2.90. The Morgan fingerprint density at radius 1 is 1.36 bits per heavy atom. The lowest BCUT2D eigenvalue weighted by Crippen LogP contribution is -2.48. The van der Waals surface area contributed by atoms with Crippen LogP contribution in [0.25, 0.3) is 0 Å². The van der Waals surface area contributed by atoms with Gasteiger partial charge in [0.15, 0.2) is 5.69 Å². The Bertz CT molecular complexity index is 283. The Morgan fingerprint density at radius 3 is 2.82 bits per heavy atom. The molecule has 1 unspecified atom stereocenters. The number of hydrogen-bond acceptors (Lipinski definition) is 2. The Kier molecular flexibility index (Phi) is 1.26. The first-order valence-corrected chi connectivity index (χ1v) is 3.66. The lowest BCUT2D eigenvalue weighted by molar-refractivity contribution is 0.419. The maximum atomic E-state index is 11.4. The van der Waals surface area contributed by atoms with Crippen LogP contribution in [0.5, 0.6) is 0 Å². The molecule has 1 aliphatic heterocycles. The number of hydrogen-bond donors (Lipinski definition) is 1. The van der Waals surface area contributed by atoms with Gasteiger partial charge in [-0.15, -0.1) is 0 Å². The molecule has 2 N–H and O–H groups in total. The van der Waals surface area contributed by atoms with Gasteiger partial charge in [-0.1, -0.05) is 18.2 Å². The van der Waals surface area contributed by atoms with E-state index in [4.69, 9.17) is 5.84 Å². The van der Waals surface area contributed by atoms with Crippen molar-refractivity contribution in [1.29, 1.82) is 0 Å². The van der Waals surface area contributed by atoms with E-state index in [0.29, 0.717) is 12.2 Å². The number of para-hydroxylation sites is 1. The second-order valence-corrected chi connectivity index (χ2v) is 2.90. The van der Waals surface area contributed by atoms with Crippen molar-refractivity contribution in [2.45, 2.75) is 6.42 Å². The van der Waals surface area contributed by atoms with Gasteiger partial charge in [-0.3, -0.25) is 4.76 Å².